The Hall–Kier alpha value is -2.32. The van der Waals surface area contributed by atoms with Gasteiger partial charge >= 0.3 is 12.1 Å². The fourth-order valence-corrected chi connectivity index (χ4v) is 1.72. The van der Waals surface area contributed by atoms with Gasteiger partial charge in [0.25, 0.3) is 0 Å². The topological polar surface area (TPSA) is 70.2 Å². The maximum absolute atomic E-state index is 13.1. The lowest BCUT2D eigenvalue weighted by molar-refractivity contribution is -0.207. The third-order valence-corrected chi connectivity index (χ3v) is 2.86. The number of hydrogen-bond acceptors (Lipinski definition) is 5. The van der Waals surface area contributed by atoms with Gasteiger partial charge in [0.15, 0.2) is 5.69 Å². The number of halogens is 3. The van der Waals surface area contributed by atoms with E-state index in [4.69, 9.17) is 4.52 Å². The zero-order valence-corrected chi connectivity index (χ0v) is 12.1. The van der Waals surface area contributed by atoms with Crippen molar-refractivity contribution < 1.29 is 27.2 Å². The fourth-order valence-electron chi connectivity index (χ4n) is 1.72. The number of nitrogens with zero attached hydrogens (tertiary/aromatic N) is 3. The van der Waals surface area contributed by atoms with Gasteiger partial charge in [-0.25, -0.2) is 4.79 Å². The lowest BCUT2D eigenvalue weighted by Gasteiger charge is -2.18. The molecule has 2 aromatic heterocycles. The molecule has 0 radical (unpaired) electrons. The molecular weight excluding hydrogens is 303 g/mol. The zero-order chi connectivity index (χ0) is 16.5. The van der Waals surface area contributed by atoms with E-state index in [1.165, 1.54) is 17.8 Å². The lowest BCUT2D eigenvalue weighted by atomic mass is 10.1. The van der Waals surface area contributed by atoms with Crippen LogP contribution >= 0.6 is 0 Å². The summed E-state index contributed by atoms with van der Waals surface area (Å²) < 4.78 is 49.8. The second kappa shape index (κ2) is 5.82. The first-order valence-corrected chi connectivity index (χ1v) is 6.41. The smallest absolute Gasteiger partial charge is 0.429 e. The van der Waals surface area contributed by atoms with Crippen molar-refractivity contribution in [2.24, 2.45) is 7.05 Å². The molecule has 0 N–H and O–H groups in total. The van der Waals surface area contributed by atoms with Crippen molar-refractivity contribution in [2.75, 3.05) is 0 Å². The van der Waals surface area contributed by atoms with E-state index >= 15 is 0 Å². The van der Waals surface area contributed by atoms with Gasteiger partial charge in [0, 0.05) is 30.8 Å². The molecule has 120 valence electrons. The first kappa shape index (κ1) is 16.1. The highest BCUT2D eigenvalue weighted by Crippen LogP contribution is 2.36. The average Bonchev–Trinajstić information content (AvgIpc) is 3.02. The van der Waals surface area contributed by atoms with Crippen LogP contribution in [0.2, 0.25) is 0 Å². The molecule has 0 aliphatic heterocycles. The number of rotatable bonds is 4. The standard InChI is InChI=1S/C13H14F3N3O3/c1-7(2)10-4-9(18-22-10)12(20)21-11(13(14,15)16)8-5-17-19(3)6-8/h4-7,11H,1-3H3/t11-/m1/s1. The Morgan fingerprint density at radius 3 is 2.55 bits per heavy atom. The highest BCUT2D eigenvalue weighted by molar-refractivity contribution is 5.87. The first-order chi connectivity index (χ1) is 10.2. The summed E-state index contributed by atoms with van der Waals surface area (Å²) in [4.78, 5) is 11.8. The monoisotopic (exact) mass is 317 g/mol. The first-order valence-electron chi connectivity index (χ1n) is 6.41. The summed E-state index contributed by atoms with van der Waals surface area (Å²) in [6.45, 7) is 3.59. The number of esters is 1. The Bertz CT molecular complexity index is 661. The number of aromatic nitrogens is 3. The van der Waals surface area contributed by atoms with Crippen molar-refractivity contribution in [1.82, 2.24) is 14.9 Å². The number of ether oxygens (including phenoxy) is 1. The lowest BCUT2D eigenvalue weighted by Crippen LogP contribution is -2.26. The second-order valence-corrected chi connectivity index (χ2v) is 5.04. The summed E-state index contributed by atoms with van der Waals surface area (Å²) in [7, 11) is 1.46. The maximum atomic E-state index is 13.1. The molecule has 2 heterocycles. The number of hydrogen-bond donors (Lipinski definition) is 0. The molecule has 0 spiro atoms. The summed E-state index contributed by atoms with van der Waals surface area (Å²) in [6.07, 6.45) is -5.04. The van der Waals surface area contributed by atoms with E-state index in [0.717, 1.165) is 12.4 Å². The van der Waals surface area contributed by atoms with Gasteiger partial charge in [0.2, 0.25) is 6.10 Å². The summed E-state index contributed by atoms with van der Waals surface area (Å²) >= 11 is 0. The maximum Gasteiger partial charge on any atom is 0.429 e. The van der Waals surface area contributed by atoms with Gasteiger partial charge in [-0.2, -0.15) is 18.3 Å². The highest BCUT2D eigenvalue weighted by atomic mass is 19.4. The highest BCUT2D eigenvalue weighted by Gasteiger charge is 2.45. The van der Waals surface area contributed by atoms with Crippen molar-refractivity contribution in [3.63, 3.8) is 0 Å². The Kier molecular flexibility index (Phi) is 4.25. The van der Waals surface area contributed by atoms with Gasteiger partial charge in [0.1, 0.15) is 5.76 Å². The molecular formula is C13H14F3N3O3. The van der Waals surface area contributed by atoms with Crippen LogP contribution in [0, 0.1) is 0 Å². The number of alkyl halides is 3. The van der Waals surface area contributed by atoms with E-state index in [1.807, 2.05) is 0 Å². The molecule has 9 heteroatoms. The van der Waals surface area contributed by atoms with Crippen LogP contribution in [-0.4, -0.2) is 27.1 Å². The van der Waals surface area contributed by atoms with Gasteiger partial charge in [-0.1, -0.05) is 19.0 Å². The van der Waals surface area contributed by atoms with Gasteiger partial charge < -0.3 is 9.26 Å². The molecule has 0 amide bonds. The van der Waals surface area contributed by atoms with Crippen LogP contribution in [0.5, 0.6) is 0 Å². The number of carbonyl (C=O) groups excluding carboxylic acids is 1. The summed E-state index contributed by atoms with van der Waals surface area (Å²) in [5.74, 6) is -0.871. The van der Waals surface area contributed by atoms with Crippen LogP contribution in [-0.2, 0) is 11.8 Å². The van der Waals surface area contributed by atoms with E-state index in [-0.39, 0.29) is 17.2 Å². The fraction of sp³-hybridized carbons (Fsp3) is 0.462. The molecule has 0 aromatic carbocycles. The molecule has 0 fully saturated rings. The zero-order valence-electron chi connectivity index (χ0n) is 12.1. The summed E-state index contributed by atoms with van der Waals surface area (Å²) in [5, 5.41) is 7.08. The van der Waals surface area contributed by atoms with Crippen molar-refractivity contribution in [1.29, 1.82) is 0 Å². The molecule has 2 aromatic rings. The average molecular weight is 317 g/mol. The molecule has 6 nitrogen and oxygen atoms in total. The summed E-state index contributed by atoms with van der Waals surface area (Å²) in [6, 6.07) is 1.27. The third kappa shape index (κ3) is 3.46. The largest absolute Gasteiger partial charge is 0.443 e. The number of aryl methyl sites for hydroxylation is 1. The van der Waals surface area contributed by atoms with Crippen molar-refractivity contribution in [3.05, 3.63) is 35.5 Å². The van der Waals surface area contributed by atoms with Gasteiger partial charge in [-0.15, -0.1) is 0 Å². The van der Waals surface area contributed by atoms with E-state index in [9.17, 15) is 18.0 Å². The Morgan fingerprint density at radius 2 is 2.09 bits per heavy atom. The van der Waals surface area contributed by atoms with Crippen LogP contribution < -0.4 is 0 Å². The minimum Gasteiger partial charge on any atom is -0.443 e. The quantitative estimate of drug-likeness (QED) is 0.811. The van der Waals surface area contributed by atoms with E-state index in [0.29, 0.717) is 5.76 Å². The molecule has 2 rings (SSSR count). The van der Waals surface area contributed by atoms with Crippen LogP contribution in [0.1, 0.15) is 47.7 Å². The van der Waals surface area contributed by atoms with Crippen molar-refractivity contribution >= 4 is 5.97 Å². The minimum absolute atomic E-state index is 0.0502. The molecule has 0 saturated heterocycles. The Labute approximate surface area is 123 Å². The van der Waals surface area contributed by atoms with Gasteiger partial charge in [-0.3, -0.25) is 4.68 Å². The van der Waals surface area contributed by atoms with Crippen molar-refractivity contribution in [2.45, 2.75) is 32.0 Å². The molecule has 0 unspecified atom stereocenters. The molecule has 0 saturated carbocycles. The molecule has 0 aliphatic rings. The Balaban J connectivity index is 2.21. The number of carbonyl (C=O) groups is 1. The SMILES string of the molecule is CC(C)c1cc(C(=O)O[C@H](c2cnn(C)c2)C(F)(F)F)no1. The molecule has 22 heavy (non-hydrogen) atoms. The normalized spacial score (nSPS) is 13.4. The van der Waals surface area contributed by atoms with E-state index in [1.54, 1.807) is 13.8 Å². The molecule has 1 atom stereocenters. The van der Waals surface area contributed by atoms with Crippen LogP contribution in [0.15, 0.2) is 23.0 Å². The van der Waals surface area contributed by atoms with Crippen LogP contribution in [0.25, 0.3) is 0 Å². The van der Waals surface area contributed by atoms with E-state index < -0.39 is 18.2 Å². The van der Waals surface area contributed by atoms with E-state index in [2.05, 4.69) is 15.0 Å². The van der Waals surface area contributed by atoms with Gasteiger partial charge in [0.05, 0.1) is 6.20 Å². The van der Waals surface area contributed by atoms with Crippen LogP contribution in [0.4, 0.5) is 13.2 Å². The Morgan fingerprint density at radius 1 is 1.41 bits per heavy atom. The van der Waals surface area contributed by atoms with Crippen molar-refractivity contribution in [3.8, 4) is 0 Å². The second-order valence-electron chi connectivity index (χ2n) is 5.04. The third-order valence-electron chi connectivity index (χ3n) is 2.86. The molecule has 0 bridgehead atoms. The van der Waals surface area contributed by atoms with Gasteiger partial charge in [-0.05, 0) is 0 Å². The minimum atomic E-state index is -4.76. The predicted molar refractivity (Wildman–Crippen MR) is 68.0 cm³/mol. The predicted octanol–water partition coefficient (Wildman–Crippen LogP) is 2.99. The summed E-state index contributed by atoms with van der Waals surface area (Å²) in [5.41, 5.74) is -0.572. The van der Waals surface area contributed by atoms with Crippen LogP contribution in [0.3, 0.4) is 0 Å². The molecule has 0 aliphatic carbocycles.